The molecule has 0 radical (unpaired) electrons. The minimum atomic E-state index is -0.264. The van der Waals surface area contributed by atoms with Gasteiger partial charge in [-0.2, -0.15) is 0 Å². The van der Waals surface area contributed by atoms with Gasteiger partial charge >= 0.3 is 0 Å². The molecule has 0 saturated heterocycles. The van der Waals surface area contributed by atoms with Crippen LogP contribution < -0.4 is 19.9 Å². The number of nitrogens with zero attached hydrogens (tertiary/aromatic N) is 1. The van der Waals surface area contributed by atoms with Crippen LogP contribution in [0.1, 0.15) is 15.9 Å². The Morgan fingerprint density at radius 2 is 1.71 bits per heavy atom. The molecule has 2 rings (SSSR count). The van der Waals surface area contributed by atoms with E-state index in [1.807, 2.05) is 0 Å². The number of carbonyl (C=O) groups excluding carboxylic acids is 1. The van der Waals surface area contributed by atoms with Gasteiger partial charge in [-0.1, -0.05) is 0 Å². The number of rotatable bonds is 5. The van der Waals surface area contributed by atoms with Crippen molar-refractivity contribution in [1.29, 1.82) is 0 Å². The van der Waals surface area contributed by atoms with E-state index >= 15 is 0 Å². The molecule has 110 valence electrons. The number of ether oxygens (including phenoxy) is 3. The van der Waals surface area contributed by atoms with Gasteiger partial charge in [0.25, 0.3) is 0 Å². The predicted octanol–water partition coefficient (Wildman–Crippen LogP) is 1.92. The second-order valence-corrected chi connectivity index (χ2v) is 4.21. The maximum Gasteiger partial charge on any atom is 0.203 e. The molecule has 1 aromatic heterocycles. The summed E-state index contributed by atoms with van der Waals surface area (Å²) in [6, 6.07) is 4.73. The number of benzene rings is 1. The average molecular weight is 288 g/mol. The molecule has 2 aromatic rings. The van der Waals surface area contributed by atoms with Crippen molar-refractivity contribution in [2.45, 2.75) is 0 Å². The smallest absolute Gasteiger partial charge is 0.203 e. The van der Waals surface area contributed by atoms with Gasteiger partial charge in [-0.05, 0) is 18.2 Å². The van der Waals surface area contributed by atoms with Crippen molar-refractivity contribution in [1.82, 2.24) is 4.98 Å². The molecule has 1 heterocycles. The number of anilines is 1. The summed E-state index contributed by atoms with van der Waals surface area (Å²) in [7, 11) is 4.48. The molecule has 6 nitrogen and oxygen atoms in total. The topological polar surface area (TPSA) is 83.7 Å². The molecule has 0 aliphatic rings. The second kappa shape index (κ2) is 6.13. The standard InChI is InChI=1S/C15H16N2O4/c1-19-12-6-9(7-13(20-2)15(12)21-3)14(18)10-8-17-5-4-11(10)16/h4-8H,1-3H3,(H2,16,17). The van der Waals surface area contributed by atoms with Crippen molar-refractivity contribution in [3.63, 3.8) is 0 Å². The van der Waals surface area contributed by atoms with Crippen molar-refractivity contribution in [3.05, 3.63) is 41.7 Å². The number of hydrogen-bond acceptors (Lipinski definition) is 6. The fourth-order valence-corrected chi connectivity index (χ4v) is 1.96. The van der Waals surface area contributed by atoms with E-state index in [1.165, 1.54) is 33.7 Å². The predicted molar refractivity (Wildman–Crippen MR) is 78.2 cm³/mol. The zero-order valence-corrected chi connectivity index (χ0v) is 12.0. The minimum Gasteiger partial charge on any atom is -0.493 e. The minimum absolute atomic E-state index is 0.264. The van der Waals surface area contributed by atoms with Crippen molar-refractivity contribution in [2.24, 2.45) is 0 Å². The highest BCUT2D eigenvalue weighted by Gasteiger charge is 2.19. The van der Waals surface area contributed by atoms with Crippen molar-refractivity contribution >= 4 is 11.5 Å². The molecule has 0 atom stereocenters. The monoisotopic (exact) mass is 288 g/mol. The highest BCUT2D eigenvalue weighted by atomic mass is 16.5. The fraction of sp³-hybridized carbons (Fsp3) is 0.200. The van der Waals surface area contributed by atoms with Gasteiger partial charge in [-0.3, -0.25) is 9.78 Å². The third-order valence-corrected chi connectivity index (χ3v) is 3.03. The quantitative estimate of drug-likeness (QED) is 0.846. The molecule has 0 spiro atoms. The maximum atomic E-state index is 12.5. The lowest BCUT2D eigenvalue weighted by Gasteiger charge is -2.14. The molecule has 0 aliphatic heterocycles. The summed E-state index contributed by atoms with van der Waals surface area (Å²) >= 11 is 0. The molecule has 1 aromatic carbocycles. The first-order chi connectivity index (χ1) is 10.1. The van der Waals surface area contributed by atoms with Gasteiger partial charge in [-0.25, -0.2) is 0 Å². The van der Waals surface area contributed by atoms with E-state index in [1.54, 1.807) is 18.2 Å². The summed E-state index contributed by atoms with van der Waals surface area (Å²) < 4.78 is 15.7. The Labute approximate surface area is 122 Å². The lowest BCUT2D eigenvalue weighted by atomic mass is 10.0. The van der Waals surface area contributed by atoms with Gasteiger partial charge in [-0.15, -0.1) is 0 Å². The normalized spacial score (nSPS) is 10.0. The number of nitrogens with two attached hydrogens (primary N) is 1. The highest BCUT2D eigenvalue weighted by molar-refractivity contribution is 6.12. The zero-order valence-electron chi connectivity index (χ0n) is 12.0. The van der Waals surface area contributed by atoms with Gasteiger partial charge in [0, 0.05) is 23.6 Å². The van der Waals surface area contributed by atoms with Crippen LogP contribution in [0.2, 0.25) is 0 Å². The van der Waals surface area contributed by atoms with Crippen LogP contribution in [0.5, 0.6) is 17.2 Å². The van der Waals surface area contributed by atoms with Gasteiger partial charge in [0.1, 0.15) is 0 Å². The number of aromatic nitrogens is 1. The van der Waals surface area contributed by atoms with E-state index in [4.69, 9.17) is 19.9 Å². The van der Waals surface area contributed by atoms with Crippen LogP contribution in [0.15, 0.2) is 30.6 Å². The van der Waals surface area contributed by atoms with Gasteiger partial charge in [0.2, 0.25) is 5.75 Å². The highest BCUT2D eigenvalue weighted by Crippen LogP contribution is 2.38. The number of carbonyl (C=O) groups is 1. The van der Waals surface area contributed by atoms with E-state index in [0.29, 0.717) is 34.1 Å². The number of ketones is 1. The van der Waals surface area contributed by atoms with E-state index < -0.39 is 0 Å². The molecule has 0 aliphatic carbocycles. The SMILES string of the molecule is COc1cc(C(=O)c2cnccc2N)cc(OC)c1OC. The Morgan fingerprint density at radius 1 is 1.10 bits per heavy atom. The summed E-state index contributed by atoms with van der Waals surface area (Å²) in [5.74, 6) is 0.973. The van der Waals surface area contributed by atoms with Gasteiger partial charge < -0.3 is 19.9 Å². The van der Waals surface area contributed by atoms with Crippen LogP contribution in [0, 0.1) is 0 Å². The Morgan fingerprint density at radius 3 is 2.19 bits per heavy atom. The van der Waals surface area contributed by atoms with Crippen molar-refractivity contribution in [2.75, 3.05) is 27.1 Å². The zero-order chi connectivity index (χ0) is 15.4. The molecule has 2 N–H and O–H groups in total. The molecule has 6 heteroatoms. The first kappa shape index (κ1) is 14.6. The van der Waals surface area contributed by atoms with Crippen molar-refractivity contribution < 1.29 is 19.0 Å². The Hall–Kier alpha value is -2.76. The fourth-order valence-electron chi connectivity index (χ4n) is 1.96. The first-order valence-corrected chi connectivity index (χ1v) is 6.16. The van der Waals surface area contributed by atoms with Gasteiger partial charge in [0.15, 0.2) is 17.3 Å². The van der Waals surface area contributed by atoms with Crippen LogP contribution in [0.25, 0.3) is 0 Å². The van der Waals surface area contributed by atoms with Crippen LogP contribution in [0.4, 0.5) is 5.69 Å². The molecular weight excluding hydrogens is 272 g/mol. The Kier molecular flexibility index (Phi) is 4.27. The summed E-state index contributed by atoms with van der Waals surface area (Å²) in [6.45, 7) is 0. The number of hydrogen-bond donors (Lipinski definition) is 1. The molecule has 0 saturated carbocycles. The molecule has 21 heavy (non-hydrogen) atoms. The summed E-state index contributed by atoms with van der Waals surface area (Å²) in [4.78, 5) is 16.5. The lowest BCUT2D eigenvalue weighted by Crippen LogP contribution is -2.07. The summed E-state index contributed by atoms with van der Waals surface area (Å²) in [5.41, 5.74) is 6.88. The molecule has 0 bridgehead atoms. The number of nitrogen functional groups attached to an aromatic ring is 1. The molecule has 0 fully saturated rings. The molecule has 0 amide bonds. The van der Waals surface area contributed by atoms with Gasteiger partial charge in [0.05, 0.1) is 26.9 Å². The van der Waals surface area contributed by atoms with E-state index in [9.17, 15) is 4.79 Å². The summed E-state index contributed by atoms with van der Waals surface area (Å²) in [5, 5.41) is 0. The third kappa shape index (κ3) is 2.74. The van der Waals surface area contributed by atoms with Crippen LogP contribution in [-0.2, 0) is 0 Å². The second-order valence-electron chi connectivity index (χ2n) is 4.21. The van der Waals surface area contributed by atoms with Crippen molar-refractivity contribution in [3.8, 4) is 17.2 Å². The first-order valence-electron chi connectivity index (χ1n) is 6.16. The summed E-state index contributed by atoms with van der Waals surface area (Å²) in [6.07, 6.45) is 2.96. The Bertz CT molecular complexity index is 645. The van der Waals surface area contributed by atoms with Crippen LogP contribution >= 0.6 is 0 Å². The number of methoxy groups -OCH3 is 3. The van der Waals surface area contributed by atoms with E-state index in [2.05, 4.69) is 4.98 Å². The van der Waals surface area contributed by atoms with Crippen LogP contribution in [0.3, 0.4) is 0 Å². The Balaban J connectivity index is 2.54. The number of pyridine rings is 1. The maximum absolute atomic E-state index is 12.5. The molecular formula is C15H16N2O4. The average Bonchev–Trinajstić information content (AvgIpc) is 2.53. The lowest BCUT2D eigenvalue weighted by molar-refractivity contribution is 0.103. The van der Waals surface area contributed by atoms with E-state index in [0.717, 1.165) is 0 Å². The third-order valence-electron chi connectivity index (χ3n) is 3.03. The van der Waals surface area contributed by atoms with Crippen LogP contribution in [-0.4, -0.2) is 32.1 Å². The molecule has 0 unspecified atom stereocenters. The largest absolute Gasteiger partial charge is 0.493 e. The van der Waals surface area contributed by atoms with E-state index in [-0.39, 0.29) is 5.78 Å².